The van der Waals surface area contributed by atoms with Gasteiger partial charge >= 0.3 is 0 Å². The molecule has 1 atom stereocenters. The molecule has 30 heavy (non-hydrogen) atoms. The maximum absolute atomic E-state index is 8.79. The van der Waals surface area contributed by atoms with Crippen LogP contribution in [-0.2, 0) is 17.7 Å². The third-order valence-electron chi connectivity index (χ3n) is 5.22. The molecule has 2 aromatic rings. The van der Waals surface area contributed by atoms with Gasteiger partial charge in [-0.2, -0.15) is 0 Å². The van der Waals surface area contributed by atoms with Crippen LogP contribution in [0.25, 0.3) is 5.57 Å². The van der Waals surface area contributed by atoms with Crippen LogP contribution in [0.2, 0.25) is 0 Å². The monoisotopic (exact) mass is 406 g/mol. The van der Waals surface area contributed by atoms with Gasteiger partial charge < -0.3 is 37.2 Å². The Morgan fingerprint density at radius 1 is 1.30 bits per heavy atom. The summed E-state index contributed by atoms with van der Waals surface area (Å²) in [6.07, 6.45) is 3.80. The summed E-state index contributed by atoms with van der Waals surface area (Å²) in [5.41, 5.74) is 13.0. The fourth-order valence-corrected chi connectivity index (χ4v) is 3.63. The first-order valence-electron chi connectivity index (χ1n) is 10.0. The maximum atomic E-state index is 8.79. The zero-order chi connectivity index (χ0) is 21.5. The standard InChI is InChI=1S/C23H30N6O/c1-27-14-18(12-24)16-4-5-20(25)19(10-16)23(26)22-11-17-9-15(3-6-21(17)29-22)13-28-7-8-30-2/h3-6,9-10,12,14,22,24,26-29H,7-8,11,13,25H2,1-2H3/b18-14+,24-12?,26-23?. The Hall–Kier alpha value is -3.16. The number of hydrogen-bond acceptors (Lipinski definition) is 7. The summed E-state index contributed by atoms with van der Waals surface area (Å²) in [4.78, 5) is 0. The first-order valence-corrected chi connectivity index (χ1v) is 10.0. The highest BCUT2D eigenvalue weighted by Gasteiger charge is 2.26. The highest BCUT2D eigenvalue weighted by atomic mass is 16.5. The van der Waals surface area contributed by atoms with Gasteiger partial charge in [0, 0.05) is 68.6 Å². The van der Waals surface area contributed by atoms with E-state index in [0.29, 0.717) is 23.6 Å². The third kappa shape index (κ3) is 4.87. The predicted molar refractivity (Wildman–Crippen MR) is 125 cm³/mol. The zero-order valence-electron chi connectivity index (χ0n) is 17.5. The summed E-state index contributed by atoms with van der Waals surface area (Å²) in [6.45, 7) is 2.29. The van der Waals surface area contributed by atoms with Crippen LogP contribution in [0, 0.1) is 10.8 Å². The molecule has 0 amide bonds. The van der Waals surface area contributed by atoms with Crippen LogP contribution in [0.3, 0.4) is 0 Å². The lowest BCUT2D eigenvalue weighted by Gasteiger charge is -2.16. The first kappa shape index (κ1) is 21.5. The summed E-state index contributed by atoms with van der Waals surface area (Å²) in [6, 6.07) is 11.8. The van der Waals surface area contributed by atoms with Crippen molar-refractivity contribution in [2.45, 2.75) is 19.0 Å². The average Bonchev–Trinajstić information content (AvgIpc) is 3.18. The third-order valence-corrected chi connectivity index (χ3v) is 5.22. The lowest BCUT2D eigenvalue weighted by Crippen LogP contribution is -2.28. The fourth-order valence-electron chi connectivity index (χ4n) is 3.63. The van der Waals surface area contributed by atoms with Gasteiger partial charge in [-0.3, -0.25) is 0 Å². The van der Waals surface area contributed by atoms with Crippen molar-refractivity contribution in [1.29, 1.82) is 10.8 Å². The lowest BCUT2D eigenvalue weighted by molar-refractivity contribution is 0.199. The number of nitrogens with two attached hydrogens (primary N) is 1. The van der Waals surface area contributed by atoms with Gasteiger partial charge in [0.1, 0.15) is 0 Å². The van der Waals surface area contributed by atoms with Crippen LogP contribution in [0.4, 0.5) is 11.4 Å². The van der Waals surface area contributed by atoms with Gasteiger partial charge in [-0.05, 0) is 34.9 Å². The molecule has 1 heterocycles. The van der Waals surface area contributed by atoms with Crippen LogP contribution in [-0.4, -0.2) is 45.3 Å². The molecule has 7 nitrogen and oxygen atoms in total. The molecule has 2 aromatic carbocycles. The summed E-state index contributed by atoms with van der Waals surface area (Å²) in [5.74, 6) is 0. The Bertz CT molecular complexity index is 953. The lowest BCUT2D eigenvalue weighted by atomic mass is 9.95. The zero-order valence-corrected chi connectivity index (χ0v) is 17.5. The van der Waals surface area contributed by atoms with Crippen molar-refractivity contribution >= 4 is 28.9 Å². The molecule has 3 rings (SSSR count). The smallest absolute Gasteiger partial charge is 0.0726 e. The Labute approximate surface area is 177 Å². The van der Waals surface area contributed by atoms with Gasteiger partial charge in [-0.25, -0.2) is 0 Å². The van der Waals surface area contributed by atoms with Crippen molar-refractivity contribution in [2.24, 2.45) is 0 Å². The Kier molecular flexibility index (Phi) is 7.21. The van der Waals surface area contributed by atoms with Crippen LogP contribution in [0.5, 0.6) is 0 Å². The summed E-state index contributed by atoms with van der Waals surface area (Å²) in [7, 11) is 3.49. The van der Waals surface area contributed by atoms with E-state index in [-0.39, 0.29) is 6.04 Å². The van der Waals surface area contributed by atoms with Crippen LogP contribution >= 0.6 is 0 Å². The molecule has 1 aliphatic heterocycles. The van der Waals surface area contributed by atoms with Gasteiger partial charge in [0.05, 0.1) is 18.4 Å². The molecule has 158 valence electrons. The van der Waals surface area contributed by atoms with E-state index in [1.807, 2.05) is 12.1 Å². The number of benzene rings is 2. The average molecular weight is 407 g/mol. The van der Waals surface area contributed by atoms with E-state index in [4.69, 9.17) is 21.3 Å². The van der Waals surface area contributed by atoms with E-state index >= 15 is 0 Å². The molecule has 0 saturated heterocycles. The van der Waals surface area contributed by atoms with Crippen LogP contribution in [0.15, 0.2) is 42.6 Å². The number of methoxy groups -OCH3 is 1. The van der Waals surface area contributed by atoms with Gasteiger partial charge in [-0.1, -0.05) is 18.2 Å². The Morgan fingerprint density at radius 2 is 2.13 bits per heavy atom. The number of hydrogen-bond donors (Lipinski definition) is 6. The van der Waals surface area contributed by atoms with Crippen molar-refractivity contribution < 1.29 is 4.74 Å². The number of nitrogens with one attached hydrogen (secondary N) is 5. The predicted octanol–water partition coefficient (Wildman–Crippen LogP) is 2.62. The molecule has 7 N–H and O–H groups in total. The second-order valence-corrected chi connectivity index (χ2v) is 7.31. The van der Waals surface area contributed by atoms with E-state index in [0.717, 1.165) is 36.3 Å². The van der Waals surface area contributed by atoms with Crippen LogP contribution in [0.1, 0.15) is 22.3 Å². The largest absolute Gasteiger partial charge is 0.398 e. The van der Waals surface area contributed by atoms with Gasteiger partial charge in [-0.15, -0.1) is 0 Å². The van der Waals surface area contributed by atoms with Crippen molar-refractivity contribution in [2.75, 3.05) is 38.4 Å². The molecular weight excluding hydrogens is 376 g/mol. The van der Waals surface area contributed by atoms with E-state index in [1.54, 1.807) is 26.4 Å². The number of fused-ring (bicyclic) bond motifs is 1. The van der Waals surface area contributed by atoms with Crippen molar-refractivity contribution in [1.82, 2.24) is 10.6 Å². The molecule has 7 heteroatoms. The Morgan fingerprint density at radius 3 is 2.87 bits per heavy atom. The number of allylic oxidation sites excluding steroid dienone is 1. The topological polar surface area (TPSA) is 119 Å². The van der Waals surface area contributed by atoms with E-state index < -0.39 is 0 Å². The number of anilines is 2. The number of ether oxygens (including phenoxy) is 1. The molecule has 0 radical (unpaired) electrons. The van der Waals surface area contributed by atoms with Gasteiger partial charge in [0.25, 0.3) is 0 Å². The van der Waals surface area contributed by atoms with Crippen LogP contribution < -0.4 is 21.7 Å². The summed E-state index contributed by atoms with van der Waals surface area (Å²) in [5, 5.41) is 26.2. The molecule has 0 bridgehead atoms. The highest BCUT2D eigenvalue weighted by molar-refractivity contribution is 6.12. The van der Waals surface area contributed by atoms with Gasteiger partial charge in [0.15, 0.2) is 0 Å². The van der Waals surface area contributed by atoms with Crippen molar-refractivity contribution in [3.63, 3.8) is 0 Å². The molecular formula is C23H30N6O. The molecule has 0 saturated carbocycles. The SMILES string of the molecule is CN/C=C(\C=N)c1ccc(N)c(C(=N)C2Cc3cc(CNCCOC)ccc3N2)c1. The number of nitrogen functional groups attached to an aromatic ring is 1. The minimum Gasteiger partial charge on any atom is -0.398 e. The van der Waals surface area contributed by atoms with E-state index in [2.05, 4.69) is 34.1 Å². The molecule has 0 aliphatic carbocycles. The minimum absolute atomic E-state index is 0.133. The fraction of sp³-hybridized carbons (Fsp3) is 0.304. The summed E-state index contributed by atoms with van der Waals surface area (Å²) >= 11 is 0. The van der Waals surface area contributed by atoms with Crippen molar-refractivity contribution in [3.05, 3.63) is 64.9 Å². The normalized spacial score (nSPS) is 15.4. The molecule has 0 fully saturated rings. The first-order chi connectivity index (χ1) is 14.6. The molecule has 0 aromatic heterocycles. The molecule has 0 spiro atoms. The minimum atomic E-state index is -0.133. The van der Waals surface area contributed by atoms with Gasteiger partial charge in [0.2, 0.25) is 0 Å². The van der Waals surface area contributed by atoms with E-state index in [9.17, 15) is 0 Å². The highest BCUT2D eigenvalue weighted by Crippen LogP contribution is 2.30. The van der Waals surface area contributed by atoms with E-state index in [1.165, 1.54) is 17.3 Å². The molecule has 1 aliphatic rings. The maximum Gasteiger partial charge on any atom is 0.0726 e. The summed E-state index contributed by atoms with van der Waals surface area (Å²) < 4.78 is 5.06. The van der Waals surface area contributed by atoms with Crippen molar-refractivity contribution in [3.8, 4) is 0 Å². The second-order valence-electron chi connectivity index (χ2n) is 7.31. The Balaban J connectivity index is 1.74. The molecule has 1 unspecified atom stereocenters. The second kappa shape index (κ2) is 10.0. The quantitative estimate of drug-likeness (QED) is 0.206. The number of rotatable bonds is 10.